The van der Waals surface area contributed by atoms with Crippen molar-refractivity contribution < 1.29 is 18.7 Å². The van der Waals surface area contributed by atoms with Crippen LogP contribution >= 0.6 is 0 Å². The lowest BCUT2D eigenvalue weighted by atomic mass is 10.0. The van der Waals surface area contributed by atoms with Crippen molar-refractivity contribution in [2.75, 3.05) is 44.7 Å². The molecule has 1 unspecified atom stereocenters. The van der Waals surface area contributed by atoms with Crippen LogP contribution in [0.25, 0.3) is 0 Å². The van der Waals surface area contributed by atoms with Crippen molar-refractivity contribution in [1.29, 1.82) is 0 Å². The van der Waals surface area contributed by atoms with Gasteiger partial charge in [-0.2, -0.15) is 0 Å². The van der Waals surface area contributed by atoms with Crippen LogP contribution in [0.1, 0.15) is 49.7 Å². The van der Waals surface area contributed by atoms with Crippen molar-refractivity contribution in [3.8, 4) is 11.5 Å². The van der Waals surface area contributed by atoms with Gasteiger partial charge in [0.2, 0.25) is 0 Å². The quantitative estimate of drug-likeness (QED) is 0.661. The monoisotopic (exact) mass is 443 g/mol. The van der Waals surface area contributed by atoms with Crippen LogP contribution in [0.5, 0.6) is 11.5 Å². The minimum atomic E-state index is -0.366. The average Bonchev–Trinajstić information content (AvgIpc) is 2.79. The number of hydrogen-bond donors (Lipinski definition) is 1. The molecule has 1 amide bonds. The summed E-state index contributed by atoms with van der Waals surface area (Å²) in [6.45, 7) is 12.6. The summed E-state index contributed by atoms with van der Waals surface area (Å²) in [4.78, 5) is 17.6. The Morgan fingerprint density at radius 2 is 1.78 bits per heavy atom. The smallest absolute Gasteiger partial charge is 0.251 e. The third-order valence-electron chi connectivity index (χ3n) is 5.75. The van der Waals surface area contributed by atoms with Crippen molar-refractivity contribution in [3.05, 3.63) is 53.3 Å². The van der Waals surface area contributed by atoms with Gasteiger partial charge in [-0.3, -0.25) is 4.79 Å². The molecule has 3 rings (SSSR count). The van der Waals surface area contributed by atoms with Gasteiger partial charge >= 0.3 is 0 Å². The molecule has 2 aromatic rings. The van der Waals surface area contributed by atoms with Gasteiger partial charge < -0.3 is 24.6 Å². The maximum Gasteiger partial charge on any atom is 0.251 e. The summed E-state index contributed by atoms with van der Waals surface area (Å²) in [7, 11) is 1.55. The highest BCUT2D eigenvalue weighted by Crippen LogP contribution is 2.31. The van der Waals surface area contributed by atoms with E-state index in [1.165, 1.54) is 12.1 Å². The molecule has 2 aromatic carbocycles. The number of piperazine rings is 1. The highest BCUT2D eigenvalue weighted by molar-refractivity contribution is 5.95. The minimum absolute atomic E-state index is 0.00538. The van der Waals surface area contributed by atoms with Crippen LogP contribution in [-0.2, 0) is 0 Å². The molecule has 0 aromatic heterocycles. The minimum Gasteiger partial charge on any atom is -0.493 e. The molecule has 7 heteroatoms. The number of halogens is 1. The van der Waals surface area contributed by atoms with E-state index in [-0.39, 0.29) is 23.9 Å². The van der Waals surface area contributed by atoms with Crippen molar-refractivity contribution in [3.63, 3.8) is 0 Å². The number of carbonyl (C=O) groups excluding carboxylic acids is 1. The molecule has 1 fully saturated rings. The fourth-order valence-corrected chi connectivity index (χ4v) is 3.98. The Morgan fingerprint density at radius 1 is 1.06 bits per heavy atom. The highest BCUT2D eigenvalue weighted by atomic mass is 19.1. The number of ether oxygens (including phenoxy) is 2. The lowest BCUT2D eigenvalue weighted by Gasteiger charge is -2.37. The van der Waals surface area contributed by atoms with Crippen LogP contribution in [0.3, 0.4) is 0 Å². The third-order valence-corrected chi connectivity index (χ3v) is 5.75. The number of nitrogens with one attached hydrogen (secondary N) is 1. The molecule has 0 radical (unpaired) electrons. The third kappa shape index (κ3) is 5.71. The normalized spacial score (nSPS) is 15.5. The number of hydrogen-bond acceptors (Lipinski definition) is 5. The summed E-state index contributed by atoms with van der Waals surface area (Å²) in [5, 5.41) is 3.01. The first-order valence-electron chi connectivity index (χ1n) is 11.2. The number of likely N-dealkylation sites (N-methyl/N-ethyl adjacent to an activating group) is 1. The Hall–Kier alpha value is -2.80. The lowest BCUT2D eigenvalue weighted by molar-refractivity contribution is 0.0939. The largest absolute Gasteiger partial charge is 0.493 e. The molecule has 6 nitrogen and oxygen atoms in total. The van der Waals surface area contributed by atoms with Gasteiger partial charge in [0.1, 0.15) is 5.82 Å². The summed E-state index contributed by atoms with van der Waals surface area (Å²) < 4.78 is 25.2. The number of benzene rings is 2. The Morgan fingerprint density at radius 3 is 2.41 bits per heavy atom. The molecule has 1 saturated heterocycles. The van der Waals surface area contributed by atoms with E-state index in [2.05, 4.69) is 22.0 Å². The van der Waals surface area contributed by atoms with E-state index >= 15 is 0 Å². The van der Waals surface area contributed by atoms with E-state index in [0.717, 1.165) is 44.0 Å². The van der Waals surface area contributed by atoms with Crippen molar-refractivity contribution in [1.82, 2.24) is 10.2 Å². The molecule has 0 aliphatic carbocycles. The molecule has 1 atom stereocenters. The number of anilines is 1. The van der Waals surface area contributed by atoms with Crippen LogP contribution < -0.4 is 19.7 Å². The molecule has 1 aliphatic rings. The van der Waals surface area contributed by atoms with Gasteiger partial charge in [-0.05, 0) is 63.7 Å². The Bertz CT molecular complexity index is 927. The molecule has 32 heavy (non-hydrogen) atoms. The van der Waals surface area contributed by atoms with E-state index in [1.807, 2.05) is 26.8 Å². The highest BCUT2D eigenvalue weighted by Gasteiger charge is 2.22. The summed E-state index contributed by atoms with van der Waals surface area (Å²) in [5.41, 5.74) is 2.20. The number of nitrogens with zero attached hydrogens (tertiary/aromatic N) is 2. The lowest BCUT2D eigenvalue weighted by Crippen LogP contribution is -2.46. The van der Waals surface area contributed by atoms with E-state index in [4.69, 9.17) is 9.47 Å². The molecule has 1 aliphatic heterocycles. The predicted octanol–water partition coefficient (Wildman–Crippen LogP) is 4.25. The second-order valence-electron chi connectivity index (χ2n) is 8.35. The van der Waals surface area contributed by atoms with E-state index in [0.29, 0.717) is 17.1 Å². The zero-order chi connectivity index (χ0) is 23.3. The molecule has 0 saturated carbocycles. The first-order chi connectivity index (χ1) is 15.3. The number of amides is 1. The zero-order valence-electron chi connectivity index (χ0n) is 19.7. The van der Waals surface area contributed by atoms with Gasteiger partial charge in [0, 0.05) is 43.0 Å². The van der Waals surface area contributed by atoms with Crippen LogP contribution in [0, 0.1) is 5.82 Å². The fourth-order valence-electron chi connectivity index (χ4n) is 3.98. The van der Waals surface area contributed by atoms with Gasteiger partial charge in [-0.1, -0.05) is 6.92 Å². The maximum atomic E-state index is 14.1. The topological polar surface area (TPSA) is 54.0 Å². The van der Waals surface area contributed by atoms with Crippen LogP contribution in [-0.4, -0.2) is 56.7 Å². The predicted molar refractivity (Wildman–Crippen MR) is 125 cm³/mol. The fraction of sp³-hybridized carbons (Fsp3) is 0.480. The Labute approximate surface area is 190 Å². The molecular weight excluding hydrogens is 409 g/mol. The van der Waals surface area contributed by atoms with Crippen LogP contribution in [0.2, 0.25) is 0 Å². The number of methoxy groups -OCH3 is 1. The summed E-state index contributed by atoms with van der Waals surface area (Å²) in [6, 6.07) is 9.56. The molecular formula is C25H34FN3O3. The average molecular weight is 444 g/mol. The number of rotatable bonds is 8. The maximum absolute atomic E-state index is 14.1. The van der Waals surface area contributed by atoms with Crippen LogP contribution in [0.15, 0.2) is 36.4 Å². The van der Waals surface area contributed by atoms with Crippen molar-refractivity contribution >= 4 is 11.6 Å². The van der Waals surface area contributed by atoms with Crippen molar-refractivity contribution in [2.45, 2.75) is 39.8 Å². The Kier molecular flexibility index (Phi) is 7.96. The van der Waals surface area contributed by atoms with E-state index in [1.54, 1.807) is 25.3 Å². The molecule has 0 bridgehead atoms. The second kappa shape index (κ2) is 10.7. The van der Waals surface area contributed by atoms with Gasteiger partial charge in [0.15, 0.2) is 11.5 Å². The van der Waals surface area contributed by atoms with Crippen molar-refractivity contribution in [2.24, 2.45) is 0 Å². The molecule has 1 heterocycles. The molecule has 1 N–H and O–H groups in total. The first kappa shape index (κ1) is 23.9. The van der Waals surface area contributed by atoms with E-state index in [9.17, 15) is 9.18 Å². The van der Waals surface area contributed by atoms with Gasteiger partial charge in [0.25, 0.3) is 5.91 Å². The number of carbonyl (C=O) groups is 1. The zero-order valence-corrected chi connectivity index (χ0v) is 19.7. The molecule has 174 valence electrons. The van der Waals surface area contributed by atoms with Gasteiger partial charge in [0.05, 0.1) is 19.3 Å². The van der Waals surface area contributed by atoms with Gasteiger partial charge in [-0.15, -0.1) is 0 Å². The van der Waals surface area contributed by atoms with Gasteiger partial charge in [-0.25, -0.2) is 4.39 Å². The Balaban J connectivity index is 1.77. The standard InChI is InChI=1S/C25H34FN3O3/c1-6-28-11-13-29(14-12-28)22-9-8-20(26)16-21(22)18(4)27-25(30)19-7-10-23(32-17(2)3)24(15-19)31-5/h7-10,15-18H,6,11-14H2,1-5H3,(H,27,30). The van der Waals surface area contributed by atoms with Crippen LogP contribution in [0.4, 0.5) is 10.1 Å². The first-order valence-corrected chi connectivity index (χ1v) is 11.2. The summed E-state index contributed by atoms with van der Waals surface area (Å²) in [5.74, 6) is 0.525. The summed E-state index contributed by atoms with van der Waals surface area (Å²) in [6.07, 6.45) is -0.00538. The van der Waals surface area contributed by atoms with E-state index < -0.39 is 0 Å². The molecule has 0 spiro atoms. The second-order valence-corrected chi connectivity index (χ2v) is 8.35. The SMILES string of the molecule is CCN1CCN(c2ccc(F)cc2C(C)NC(=O)c2ccc(OC(C)C)c(OC)c2)CC1. The summed E-state index contributed by atoms with van der Waals surface area (Å²) >= 11 is 0.